The average Bonchev–Trinajstić information content (AvgIpc) is 2.98. The Morgan fingerprint density at radius 2 is 1.86 bits per heavy atom. The van der Waals surface area contributed by atoms with Gasteiger partial charge in [-0.15, -0.1) is 10.2 Å². The summed E-state index contributed by atoms with van der Waals surface area (Å²) >= 11 is 13.2. The first-order valence-corrected chi connectivity index (χ1v) is 10.5. The summed E-state index contributed by atoms with van der Waals surface area (Å²) in [6.45, 7) is 4.34. The molecule has 3 rings (SSSR count). The molecule has 1 aromatic heterocycles. The van der Waals surface area contributed by atoms with E-state index in [9.17, 15) is 4.79 Å². The van der Waals surface area contributed by atoms with Crippen LogP contribution in [0.15, 0.2) is 41.6 Å². The van der Waals surface area contributed by atoms with E-state index in [0.29, 0.717) is 33.3 Å². The van der Waals surface area contributed by atoms with Crippen molar-refractivity contribution in [2.24, 2.45) is 7.05 Å². The van der Waals surface area contributed by atoms with Crippen LogP contribution in [0.1, 0.15) is 17.0 Å². The lowest BCUT2D eigenvalue weighted by Crippen LogP contribution is -2.14. The smallest absolute Gasteiger partial charge is 0.234 e. The average molecular weight is 451 g/mol. The molecule has 152 valence electrons. The minimum absolute atomic E-state index is 0.175. The molecule has 9 heteroatoms. The Balaban J connectivity index is 1.55. The predicted molar refractivity (Wildman–Crippen MR) is 117 cm³/mol. The molecule has 0 aliphatic rings. The van der Waals surface area contributed by atoms with Gasteiger partial charge in [0.15, 0.2) is 11.0 Å². The molecule has 0 saturated heterocycles. The molecule has 29 heavy (non-hydrogen) atoms. The van der Waals surface area contributed by atoms with Crippen LogP contribution in [-0.2, 0) is 18.4 Å². The Hall–Kier alpha value is -2.22. The molecule has 0 spiro atoms. The van der Waals surface area contributed by atoms with Gasteiger partial charge in [0.2, 0.25) is 5.91 Å². The van der Waals surface area contributed by atoms with Crippen LogP contribution in [0.5, 0.6) is 5.75 Å². The Kier molecular flexibility index (Phi) is 7.05. The van der Waals surface area contributed by atoms with Crippen molar-refractivity contribution >= 4 is 46.6 Å². The lowest BCUT2D eigenvalue weighted by atomic mass is 10.1. The summed E-state index contributed by atoms with van der Waals surface area (Å²) in [7, 11) is 1.84. The summed E-state index contributed by atoms with van der Waals surface area (Å²) in [5.41, 5.74) is 2.80. The molecule has 1 amide bonds. The molecule has 1 heterocycles. The third-order valence-corrected chi connectivity index (χ3v) is 5.55. The van der Waals surface area contributed by atoms with Crippen LogP contribution in [0.2, 0.25) is 10.0 Å². The highest BCUT2D eigenvalue weighted by atomic mass is 35.5. The van der Waals surface area contributed by atoms with Gasteiger partial charge >= 0.3 is 0 Å². The van der Waals surface area contributed by atoms with E-state index in [-0.39, 0.29) is 11.7 Å². The number of nitrogens with zero attached hydrogens (tertiary/aromatic N) is 3. The van der Waals surface area contributed by atoms with Gasteiger partial charge in [0.1, 0.15) is 12.4 Å². The lowest BCUT2D eigenvalue weighted by Gasteiger charge is -2.09. The van der Waals surface area contributed by atoms with Crippen LogP contribution >= 0.6 is 35.0 Å². The molecule has 2 aromatic carbocycles. The molecule has 0 unspecified atom stereocenters. The highest BCUT2D eigenvalue weighted by molar-refractivity contribution is 7.99. The van der Waals surface area contributed by atoms with Crippen molar-refractivity contribution in [3.8, 4) is 5.75 Å². The minimum atomic E-state index is -0.190. The zero-order valence-electron chi connectivity index (χ0n) is 16.2. The number of anilines is 1. The zero-order chi connectivity index (χ0) is 21.0. The number of nitrogens with one attached hydrogen (secondary N) is 1. The summed E-state index contributed by atoms with van der Waals surface area (Å²) < 4.78 is 7.68. The van der Waals surface area contributed by atoms with Crippen molar-refractivity contribution in [2.45, 2.75) is 25.6 Å². The fraction of sp³-hybridized carbons (Fsp3) is 0.250. The number of thioether (sulfide) groups is 1. The van der Waals surface area contributed by atoms with E-state index in [1.165, 1.54) is 17.3 Å². The maximum atomic E-state index is 12.2. The number of benzene rings is 2. The molecule has 0 fully saturated rings. The molecule has 0 radical (unpaired) electrons. The molecule has 0 aliphatic heterocycles. The Labute approximate surface area is 183 Å². The molecule has 6 nitrogen and oxygen atoms in total. The van der Waals surface area contributed by atoms with Crippen molar-refractivity contribution in [1.29, 1.82) is 0 Å². The van der Waals surface area contributed by atoms with Gasteiger partial charge in [-0.3, -0.25) is 4.79 Å². The molecule has 1 N–H and O–H groups in total. The number of hydrogen-bond donors (Lipinski definition) is 1. The fourth-order valence-corrected chi connectivity index (χ4v) is 3.91. The number of halogens is 2. The van der Waals surface area contributed by atoms with Gasteiger partial charge in [-0.1, -0.05) is 52.7 Å². The van der Waals surface area contributed by atoms with Crippen LogP contribution in [-0.4, -0.2) is 26.4 Å². The first kappa shape index (κ1) is 21.5. The molecule has 0 saturated carbocycles. The molecule has 3 aromatic rings. The zero-order valence-corrected chi connectivity index (χ0v) is 18.5. The van der Waals surface area contributed by atoms with Crippen LogP contribution in [0.4, 0.5) is 5.69 Å². The van der Waals surface area contributed by atoms with Gasteiger partial charge in [-0.25, -0.2) is 0 Å². The van der Waals surface area contributed by atoms with Gasteiger partial charge in [0, 0.05) is 22.8 Å². The van der Waals surface area contributed by atoms with E-state index in [1.54, 1.807) is 18.2 Å². The van der Waals surface area contributed by atoms with Crippen LogP contribution < -0.4 is 10.1 Å². The summed E-state index contributed by atoms with van der Waals surface area (Å²) in [5, 5.41) is 12.6. The number of carbonyl (C=O) groups excluding carboxylic acids is 1. The molecular weight excluding hydrogens is 431 g/mol. The summed E-state index contributed by atoms with van der Waals surface area (Å²) in [6, 6.07) is 10.9. The first-order valence-electron chi connectivity index (χ1n) is 8.79. The number of aryl methyl sites for hydroxylation is 2. The second-order valence-electron chi connectivity index (χ2n) is 6.51. The monoisotopic (exact) mass is 450 g/mol. The summed E-state index contributed by atoms with van der Waals surface area (Å²) in [6.07, 6.45) is 0. The standard InChI is InChI=1S/C20H20Cl2N4O2S/c1-12-4-5-17(13(2)6-12)28-10-18-24-25-20(26(18)3)29-11-19(27)23-16-8-14(21)7-15(22)9-16/h4-9H,10-11H2,1-3H3,(H,23,27). The van der Waals surface area contributed by atoms with Crippen molar-refractivity contribution in [2.75, 3.05) is 11.1 Å². The van der Waals surface area contributed by atoms with E-state index in [1.807, 2.05) is 37.6 Å². The molecular formula is C20H20Cl2N4O2S. The second kappa shape index (κ2) is 9.52. The Morgan fingerprint density at radius 1 is 1.14 bits per heavy atom. The molecule has 0 bridgehead atoms. The van der Waals surface area contributed by atoms with Gasteiger partial charge < -0.3 is 14.6 Å². The van der Waals surface area contributed by atoms with Crippen LogP contribution in [0, 0.1) is 13.8 Å². The normalized spacial score (nSPS) is 10.8. The van der Waals surface area contributed by atoms with Gasteiger partial charge in [-0.05, 0) is 43.7 Å². The molecule has 0 atom stereocenters. The largest absolute Gasteiger partial charge is 0.485 e. The fourth-order valence-electron chi connectivity index (χ4n) is 2.65. The first-order chi connectivity index (χ1) is 13.8. The number of rotatable bonds is 7. The van der Waals surface area contributed by atoms with E-state index >= 15 is 0 Å². The maximum absolute atomic E-state index is 12.2. The van der Waals surface area contributed by atoms with Crippen molar-refractivity contribution in [3.63, 3.8) is 0 Å². The second-order valence-corrected chi connectivity index (χ2v) is 8.33. The number of ether oxygens (including phenoxy) is 1. The SMILES string of the molecule is Cc1ccc(OCc2nnc(SCC(=O)Nc3cc(Cl)cc(Cl)c3)n2C)c(C)c1. The van der Waals surface area contributed by atoms with Crippen LogP contribution in [0.3, 0.4) is 0 Å². The Bertz CT molecular complexity index is 1020. The number of aromatic nitrogens is 3. The third-order valence-electron chi connectivity index (χ3n) is 4.09. The lowest BCUT2D eigenvalue weighted by molar-refractivity contribution is -0.113. The maximum Gasteiger partial charge on any atom is 0.234 e. The highest BCUT2D eigenvalue weighted by Crippen LogP contribution is 2.24. The van der Waals surface area contributed by atoms with Crippen molar-refractivity contribution < 1.29 is 9.53 Å². The van der Waals surface area contributed by atoms with E-state index in [4.69, 9.17) is 27.9 Å². The van der Waals surface area contributed by atoms with Gasteiger partial charge in [-0.2, -0.15) is 0 Å². The van der Waals surface area contributed by atoms with Crippen LogP contribution in [0.25, 0.3) is 0 Å². The third kappa shape index (κ3) is 5.88. The highest BCUT2D eigenvalue weighted by Gasteiger charge is 2.13. The van der Waals surface area contributed by atoms with Gasteiger partial charge in [0.05, 0.1) is 5.75 Å². The van der Waals surface area contributed by atoms with E-state index < -0.39 is 0 Å². The minimum Gasteiger partial charge on any atom is -0.485 e. The number of amides is 1. The summed E-state index contributed by atoms with van der Waals surface area (Å²) in [4.78, 5) is 12.2. The number of hydrogen-bond acceptors (Lipinski definition) is 5. The van der Waals surface area contributed by atoms with E-state index in [2.05, 4.69) is 21.6 Å². The topological polar surface area (TPSA) is 69.0 Å². The quantitative estimate of drug-likeness (QED) is 0.510. The molecule has 0 aliphatic carbocycles. The number of carbonyl (C=O) groups is 1. The predicted octanol–water partition coefficient (Wildman–Crippen LogP) is 5.05. The van der Waals surface area contributed by atoms with E-state index in [0.717, 1.165) is 11.3 Å². The van der Waals surface area contributed by atoms with Gasteiger partial charge in [0.25, 0.3) is 0 Å². The van der Waals surface area contributed by atoms with Crippen molar-refractivity contribution in [1.82, 2.24) is 14.8 Å². The Morgan fingerprint density at radius 3 is 2.55 bits per heavy atom. The van der Waals surface area contributed by atoms with Crippen molar-refractivity contribution in [3.05, 3.63) is 63.4 Å². The summed E-state index contributed by atoms with van der Waals surface area (Å²) in [5.74, 6) is 1.47.